The molecule has 0 spiro atoms. The van der Waals surface area contributed by atoms with E-state index in [2.05, 4.69) is 55.4 Å². The van der Waals surface area contributed by atoms with Gasteiger partial charge in [-0.2, -0.15) is 0 Å². The second-order valence-electron chi connectivity index (χ2n) is 6.93. The maximum absolute atomic E-state index is 6.03. The lowest BCUT2D eigenvalue weighted by atomic mass is 9.49. The SMILES string of the molecule is CC1(C)COC(C)(C)C(C)(C)C1(C)C. The zero-order valence-electron chi connectivity index (χ0n) is 11.1. The van der Waals surface area contributed by atoms with Crippen LogP contribution in [0.5, 0.6) is 0 Å². The van der Waals surface area contributed by atoms with Crippen molar-refractivity contribution >= 4 is 0 Å². The van der Waals surface area contributed by atoms with Gasteiger partial charge in [-0.1, -0.05) is 41.5 Å². The molecule has 1 rings (SSSR count). The molecule has 0 radical (unpaired) electrons. The molecule has 1 heterocycles. The molecule has 0 aromatic heterocycles. The van der Waals surface area contributed by atoms with Gasteiger partial charge in [-0.25, -0.2) is 0 Å². The highest BCUT2D eigenvalue weighted by Gasteiger charge is 2.59. The Labute approximate surface area is 89.2 Å². The van der Waals surface area contributed by atoms with Crippen molar-refractivity contribution in [1.29, 1.82) is 0 Å². The Morgan fingerprint density at radius 2 is 1.14 bits per heavy atom. The van der Waals surface area contributed by atoms with Gasteiger partial charge in [-0.05, 0) is 30.1 Å². The lowest BCUT2D eigenvalue weighted by Gasteiger charge is -2.63. The van der Waals surface area contributed by atoms with Gasteiger partial charge in [0.15, 0.2) is 0 Å². The van der Waals surface area contributed by atoms with Gasteiger partial charge in [-0.3, -0.25) is 0 Å². The number of hydrogen-bond acceptors (Lipinski definition) is 1. The summed E-state index contributed by atoms with van der Waals surface area (Å²) in [6, 6.07) is 0. The van der Waals surface area contributed by atoms with Crippen LogP contribution < -0.4 is 0 Å². The number of rotatable bonds is 0. The topological polar surface area (TPSA) is 9.23 Å². The Hall–Kier alpha value is -0.0400. The average molecular weight is 198 g/mol. The fourth-order valence-electron chi connectivity index (χ4n) is 2.32. The van der Waals surface area contributed by atoms with Gasteiger partial charge in [0.2, 0.25) is 0 Å². The molecule has 84 valence electrons. The average Bonchev–Trinajstić information content (AvgIpc) is 1.98. The summed E-state index contributed by atoms with van der Waals surface area (Å²) in [5.41, 5.74) is 0.668. The smallest absolute Gasteiger partial charge is 0.0682 e. The first-order valence-electron chi connectivity index (χ1n) is 5.60. The highest BCUT2D eigenvalue weighted by Crippen LogP contribution is 2.60. The van der Waals surface area contributed by atoms with E-state index < -0.39 is 0 Å². The minimum absolute atomic E-state index is 0.0357. The van der Waals surface area contributed by atoms with Crippen molar-refractivity contribution in [3.63, 3.8) is 0 Å². The van der Waals surface area contributed by atoms with Crippen molar-refractivity contribution < 1.29 is 4.74 Å². The van der Waals surface area contributed by atoms with E-state index in [4.69, 9.17) is 4.74 Å². The Balaban J connectivity index is 3.20. The van der Waals surface area contributed by atoms with Gasteiger partial charge in [-0.15, -0.1) is 0 Å². The van der Waals surface area contributed by atoms with Gasteiger partial charge in [0.05, 0.1) is 12.2 Å². The molecular formula is C13H26O. The molecule has 0 bridgehead atoms. The molecule has 0 aromatic rings. The zero-order valence-corrected chi connectivity index (χ0v) is 11.1. The fraction of sp³-hybridized carbons (Fsp3) is 1.00. The van der Waals surface area contributed by atoms with Crippen LogP contribution in [0.25, 0.3) is 0 Å². The maximum atomic E-state index is 6.03. The molecule has 0 atom stereocenters. The summed E-state index contributed by atoms with van der Waals surface area (Å²) >= 11 is 0. The van der Waals surface area contributed by atoms with Crippen LogP contribution in [0.1, 0.15) is 55.4 Å². The molecule has 1 heteroatoms. The predicted molar refractivity (Wildman–Crippen MR) is 61.4 cm³/mol. The monoisotopic (exact) mass is 198 g/mol. The highest BCUT2D eigenvalue weighted by atomic mass is 16.5. The van der Waals surface area contributed by atoms with E-state index in [-0.39, 0.29) is 21.8 Å². The second kappa shape index (κ2) is 2.75. The van der Waals surface area contributed by atoms with E-state index in [1.165, 1.54) is 0 Å². The summed E-state index contributed by atoms with van der Waals surface area (Å²) in [7, 11) is 0. The van der Waals surface area contributed by atoms with Crippen LogP contribution in [0.4, 0.5) is 0 Å². The van der Waals surface area contributed by atoms with Gasteiger partial charge in [0.1, 0.15) is 0 Å². The third kappa shape index (κ3) is 1.25. The molecule has 0 amide bonds. The van der Waals surface area contributed by atoms with Crippen molar-refractivity contribution in [3.05, 3.63) is 0 Å². The Morgan fingerprint density at radius 1 is 0.714 bits per heavy atom. The minimum Gasteiger partial charge on any atom is -0.374 e. The lowest BCUT2D eigenvalue weighted by Crippen LogP contribution is -2.62. The molecule has 1 aliphatic heterocycles. The summed E-state index contributed by atoms with van der Waals surface area (Å²) in [5.74, 6) is 0. The second-order valence-corrected chi connectivity index (χ2v) is 6.93. The first kappa shape index (κ1) is 12.0. The van der Waals surface area contributed by atoms with Crippen molar-refractivity contribution in [2.24, 2.45) is 16.2 Å². The van der Waals surface area contributed by atoms with Gasteiger partial charge in [0.25, 0.3) is 0 Å². The van der Waals surface area contributed by atoms with E-state index in [9.17, 15) is 0 Å². The van der Waals surface area contributed by atoms with Gasteiger partial charge >= 0.3 is 0 Å². The summed E-state index contributed by atoms with van der Waals surface area (Å²) in [6.07, 6.45) is 0. The van der Waals surface area contributed by atoms with Gasteiger partial charge in [0, 0.05) is 0 Å². The zero-order chi connectivity index (χ0) is 11.4. The predicted octanol–water partition coefficient (Wildman–Crippen LogP) is 3.87. The summed E-state index contributed by atoms with van der Waals surface area (Å²) in [4.78, 5) is 0. The molecule has 0 saturated carbocycles. The van der Waals surface area contributed by atoms with Gasteiger partial charge < -0.3 is 4.74 Å². The minimum atomic E-state index is -0.0357. The third-order valence-corrected chi connectivity index (χ3v) is 5.55. The maximum Gasteiger partial charge on any atom is 0.0682 e. The van der Waals surface area contributed by atoms with Crippen molar-refractivity contribution in [3.8, 4) is 0 Å². The highest BCUT2D eigenvalue weighted by molar-refractivity contribution is 5.07. The Kier molecular flexibility index (Phi) is 2.36. The van der Waals surface area contributed by atoms with Crippen LogP contribution in [-0.4, -0.2) is 12.2 Å². The van der Waals surface area contributed by atoms with E-state index in [1.807, 2.05) is 0 Å². The first-order valence-corrected chi connectivity index (χ1v) is 5.60. The molecular weight excluding hydrogens is 172 g/mol. The molecule has 0 aliphatic carbocycles. The fourth-order valence-corrected chi connectivity index (χ4v) is 2.32. The molecule has 1 nitrogen and oxygen atoms in total. The van der Waals surface area contributed by atoms with E-state index >= 15 is 0 Å². The summed E-state index contributed by atoms with van der Waals surface area (Å²) in [5, 5.41) is 0. The van der Waals surface area contributed by atoms with Crippen molar-refractivity contribution in [2.45, 2.75) is 61.0 Å². The molecule has 1 fully saturated rings. The summed E-state index contributed by atoms with van der Waals surface area (Å²) < 4.78 is 6.03. The van der Waals surface area contributed by atoms with Crippen LogP contribution >= 0.6 is 0 Å². The van der Waals surface area contributed by atoms with Crippen molar-refractivity contribution in [2.75, 3.05) is 6.61 Å². The normalized spacial score (nSPS) is 32.6. The number of hydrogen-bond donors (Lipinski definition) is 0. The van der Waals surface area contributed by atoms with E-state index in [0.29, 0.717) is 0 Å². The molecule has 0 aromatic carbocycles. The Bertz CT molecular complexity index is 208. The Morgan fingerprint density at radius 3 is 1.50 bits per heavy atom. The molecule has 0 N–H and O–H groups in total. The van der Waals surface area contributed by atoms with E-state index in [0.717, 1.165) is 6.61 Å². The van der Waals surface area contributed by atoms with Crippen LogP contribution in [-0.2, 0) is 4.74 Å². The van der Waals surface area contributed by atoms with Crippen LogP contribution in [0.2, 0.25) is 0 Å². The first-order chi connectivity index (χ1) is 5.96. The third-order valence-electron chi connectivity index (χ3n) is 5.55. The van der Waals surface area contributed by atoms with Crippen LogP contribution in [0.3, 0.4) is 0 Å². The molecule has 14 heavy (non-hydrogen) atoms. The van der Waals surface area contributed by atoms with Crippen molar-refractivity contribution in [1.82, 2.24) is 0 Å². The molecule has 1 aliphatic rings. The van der Waals surface area contributed by atoms with Crippen LogP contribution in [0, 0.1) is 16.2 Å². The summed E-state index contributed by atoms with van der Waals surface area (Å²) in [6.45, 7) is 19.3. The van der Waals surface area contributed by atoms with E-state index in [1.54, 1.807) is 0 Å². The largest absolute Gasteiger partial charge is 0.374 e. The molecule has 0 unspecified atom stereocenters. The molecule has 1 saturated heterocycles. The lowest BCUT2D eigenvalue weighted by molar-refractivity contribution is -0.250. The quantitative estimate of drug-likeness (QED) is 0.574. The van der Waals surface area contributed by atoms with Crippen LogP contribution in [0.15, 0.2) is 0 Å². The number of ether oxygens (including phenoxy) is 1. The standard InChI is InChI=1S/C13H26O/c1-10(2)9-14-13(7,8)12(5,6)11(10,3)4/h9H2,1-8H3.